The number of carbonyl (C=O) groups excluding carboxylic acids is 1. The van der Waals surface area contributed by atoms with E-state index in [0.717, 1.165) is 0 Å². The summed E-state index contributed by atoms with van der Waals surface area (Å²) >= 11 is 6.14. The van der Waals surface area contributed by atoms with Gasteiger partial charge in [-0.05, 0) is 32.0 Å². The Bertz CT molecular complexity index is 1230. The molecule has 0 saturated heterocycles. The first-order chi connectivity index (χ1) is 16.7. The average Bonchev–Trinajstić information content (AvgIpc) is 3.19. The zero-order valence-electron chi connectivity index (χ0n) is 19.4. The Morgan fingerprint density at radius 3 is 2.83 bits per heavy atom. The van der Waals surface area contributed by atoms with E-state index in [1.54, 1.807) is 37.7 Å². The Morgan fingerprint density at radius 2 is 2.09 bits per heavy atom. The van der Waals surface area contributed by atoms with Gasteiger partial charge in [0.05, 0.1) is 39.5 Å². The predicted molar refractivity (Wildman–Crippen MR) is 128 cm³/mol. The molecule has 3 N–H and O–H groups in total. The number of alkyl halides is 2. The third-order valence-corrected chi connectivity index (χ3v) is 5.88. The van der Waals surface area contributed by atoms with Crippen LogP contribution in [0.2, 0.25) is 5.02 Å². The minimum atomic E-state index is -3.08. The van der Waals surface area contributed by atoms with Gasteiger partial charge in [-0.25, -0.2) is 0 Å². The van der Waals surface area contributed by atoms with Gasteiger partial charge in [-0.15, -0.1) is 0 Å². The van der Waals surface area contributed by atoms with Crippen LogP contribution in [0, 0.1) is 0 Å². The monoisotopic (exact) mass is 506 g/mol. The maximum atomic E-state index is 13.1. The molecule has 0 saturated carbocycles. The van der Waals surface area contributed by atoms with Crippen LogP contribution >= 0.6 is 11.6 Å². The lowest BCUT2D eigenvalue weighted by Gasteiger charge is -2.23. The lowest BCUT2D eigenvalue weighted by Crippen LogP contribution is -2.31. The summed E-state index contributed by atoms with van der Waals surface area (Å²) in [4.78, 5) is 20.3. The molecule has 3 aromatic rings. The van der Waals surface area contributed by atoms with Gasteiger partial charge in [0.2, 0.25) is 0 Å². The van der Waals surface area contributed by atoms with Gasteiger partial charge < -0.3 is 29.8 Å². The Kier molecular flexibility index (Phi) is 7.13. The maximum absolute atomic E-state index is 13.1. The van der Waals surface area contributed by atoms with Crippen LogP contribution in [0.3, 0.4) is 0 Å². The summed E-state index contributed by atoms with van der Waals surface area (Å²) in [5.41, 5.74) is 2.22. The van der Waals surface area contributed by atoms with Crippen LogP contribution < -0.4 is 20.1 Å². The molecule has 0 aliphatic carbocycles. The maximum Gasteiger partial charge on any atom is 0.387 e. The second-order valence-corrected chi connectivity index (χ2v) is 8.89. The van der Waals surface area contributed by atoms with Crippen molar-refractivity contribution in [2.45, 2.75) is 32.5 Å². The predicted octanol–water partition coefficient (Wildman–Crippen LogP) is 5.16. The highest BCUT2D eigenvalue weighted by Crippen LogP contribution is 2.43. The fourth-order valence-corrected chi connectivity index (χ4v) is 3.89. The summed E-state index contributed by atoms with van der Waals surface area (Å²) in [5.74, 6) is -0.0733. The molecule has 4 rings (SSSR count). The Hall–Kier alpha value is -3.37. The highest BCUT2D eigenvalue weighted by Gasteiger charge is 2.29. The van der Waals surface area contributed by atoms with E-state index in [1.807, 2.05) is 13.8 Å². The van der Waals surface area contributed by atoms with E-state index in [4.69, 9.17) is 21.1 Å². The standard InChI is InChI=1S/C24H25ClF2N4O4/c1-24(2,33-3)12-34-17-11-28-9-7-13(17)19-20(18-15(30-19)8-10-29-22(18)32)31-16-6-4-5-14(25)21(16)35-23(26)27/h4-7,9,11,23,30-31H,8,10,12H2,1-3H3,(H,29,32). The molecule has 35 heavy (non-hydrogen) atoms. The van der Waals surface area contributed by atoms with Crippen LogP contribution in [0.4, 0.5) is 20.2 Å². The number of aromatic nitrogens is 2. The van der Waals surface area contributed by atoms with E-state index in [0.29, 0.717) is 46.9 Å². The minimum Gasteiger partial charge on any atom is -0.488 e. The van der Waals surface area contributed by atoms with Crippen molar-refractivity contribution in [1.82, 2.24) is 15.3 Å². The lowest BCUT2D eigenvalue weighted by atomic mass is 10.0. The van der Waals surface area contributed by atoms with Crippen molar-refractivity contribution in [2.24, 2.45) is 0 Å². The second-order valence-electron chi connectivity index (χ2n) is 8.48. The fraction of sp³-hybridized carbons (Fsp3) is 0.333. The number of hydrogen-bond acceptors (Lipinski definition) is 6. The number of methoxy groups -OCH3 is 1. The van der Waals surface area contributed by atoms with Gasteiger partial charge in [0.15, 0.2) is 5.75 Å². The second kappa shape index (κ2) is 10.1. The van der Waals surface area contributed by atoms with E-state index in [9.17, 15) is 13.6 Å². The number of rotatable bonds is 9. The van der Waals surface area contributed by atoms with Gasteiger partial charge in [-0.2, -0.15) is 8.78 Å². The summed E-state index contributed by atoms with van der Waals surface area (Å²) in [5, 5.41) is 5.92. The van der Waals surface area contributed by atoms with Crippen molar-refractivity contribution >= 4 is 28.9 Å². The van der Waals surface area contributed by atoms with Crippen LogP contribution in [0.15, 0.2) is 36.7 Å². The number of nitrogens with one attached hydrogen (secondary N) is 3. The van der Waals surface area contributed by atoms with Crippen LogP contribution in [0.5, 0.6) is 11.5 Å². The van der Waals surface area contributed by atoms with Gasteiger partial charge in [0, 0.05) is 37.5 Å². The molecule has 0 unspecified atom stereocenters. The molecular weight excluding hydrogens is 482 g/mol. The van der Waals surface area contributed by atoms with Crippen molar-refractivity contribution < 1.29 is 27.8 Å². The number of amides is 1. The molecule has 3 heterocycles. The zero-order valence-corrected chi connectivity index (χ0v) is 20.1. The summed E-state index contributed by atoms with van der Waals surface area (Å²) in [6.07, 6.45) is 3.72. The number of halogens is 3. The zero-order chi connectivity index (χ0) is 25.2. The molecule has 0 atom stereocenters. The Labute approximate surface area is 205 Å². The first kappa shape index (κ1) is 24.7. The third kappa shape index (κ3) is 5.33. The van der Waals surface area contributed by atoms with Gasteiger partial charge in [-0.1, -0.05) is 17.7 Å². The SMILES string of the molecule is COC(C)(C)COc1cnccc1-c1[nH]c2c(c1Nc1cccc(Cl)c1OC(F)F)C(=O)NCC2. The number of anilines is 2. The van der Waals surface area contributed by atoms with Crippen molar-refractivity contribution in [1.29, 1.82) is 0 Å². The summed E-state index contributed by atoms with van der Waals surface area (Å²) in [6.45, 7) is 1.40. The number of pyridine rings is 1. The highest BCUT2D eigenvalue weighted by atomic mass is 35.5. The molecule has 11 heteroatoms. The van der Waals surface area contributed by atoms with Crippen molar-refractivity contribution in [3.63, 3.8) is 0 Å². The van der Waals surface area contributed by atoms with Gasteiger partial charge in [-0.3, -0.25) is 9.78 Å². The fourth-order valence-electron chi connectivity index (χ4n) is 3.67. The summed E-state index contributed by atoms with van der Waals surface area (Å²) < 4.78 is 42.3. The highest BCUT2D eigenvalue weighted by molar-refractivity contribution is 6.32. The normalized spacial score (nSPS) is 13.4. The molecule has 1 aliphatic rings. The van der Waals surface area contributed by atoms with Crippen LogP contribution in [0.1, 0.15) is 29.9 Å². The number of fused-ring (bicyclic) bond motifs is 1. The molecular formula is C24H25ClF2N4O4. The quantitative estimate of drug-likeness (QED) is 0.370. The summed E-state index contributed by atoms with van der Waals surface area (Å²) in [6, 6.07) is 6.31. The van der Waals surface area contributed by atoms with E-state index in [-0.39, 0.29) is 29.0 Å². The van der Waals surface area contributed by atoms with Crippen molar-refractivity contribution in [3.05, 3.63) is 52.9 Å². The van der Waals surface area contributed by atoms with E-state index in [2.05, 4.69) is 25.3 Å². The van der Waals surface area contributed by atoms with Crippen LogP contribution in [-0.4, -0.2) is 48.3 Å². The lowest BCUT2D eigenvalue weighted by molar-refractivity contribution is -0.0492. The molecule has 186 valence electrons. The molecule has 1 aliphatic heterocycles. The largest absolute Gasteiger partial charge is 0.488 e. The first-order valence-electron chi connectivity index (χ1n) is 10.9. The van der Waals surface area contributed by atoms with Crippen LogP contribution in [0.25, 0.3) is 11.3 Å². The van der Waals surface area contributed by atoms with Gasteiger partial charge in [0.1, 0.15) is 12.4 Å². The first-order valence-corrected chi connectivity index (χ1v) is 11.2. The number of H-pyrrole nitrogens is 1. The number of para-hydroxylation sites is 1. The molecule has 0 radical (unpaired) electrons. The number of benzene rings is 1. The van der Waals surface area contributed by atoms with E-state index >= 15 is 0 Å². The summed E-state index contributed by atoms with van der Waals surface area (Å²) in [7, 11) is 1.59. The molecule has 0 bridgehead atoms. The molecule has 1 amide bonds. The molecule has 0 spiro atoms. The van der Waals surface area contributed by atoms with E-state index in [1.165, 1.54) is 6.07 Å². The number of hydrogen-bond donors (Lipinski definition) is 3. The molecule has 2 aromatic heterocycles. The number of aromatic amines is 1. The third-order valence-electron chi connectivity index (χ3n) is 5.58. The molecule has 0 fully saturated rings. The topological polar surface area (TPSA) is 97.5 Å². The van der Waals surface area contributed by atoms with Crippen LogP contribution in [-0.2, 0) is 11.2 Å². The molecule has 8 nitrogen and oxygen atoms in total. The smallest absolute Gasteiger partial charge is 0.387 e. The van der Waals surface area contributed by atoms with Gasteiger partial charge in [0.25, 0.3) is 5.91 Å². The number of ether oxygens (including phenoxy) is 3. The number of carbonyl (C=O) groups is 1. The van der Waals surface area contributed by atoms with Crippen molar-refractivity contribution in [3.8, 4) is 22.8 Å². The Morgan fingerprint density at radius 1 is 1.29 bits per heavy atom. The van der Waals surface area contributed by atoms with E-state index < -0.39 is 12.2 Å². The molecule has 1 aromatic carbocycles. The number of nitrogens with zero attached hydrogens (tertiary/aromatic N) is 1. The van der Waals surface area contributed by atoms with Crippen molar-refractivity contribution in [2.75, 3.05) is 25.6 Å². The van der Waals surface area contributed by atoms with Gasteiger partial charge >= 0.3 is 6.61 Å². The minimum absolute atomic E-state index is 0.000403. The Balaban J connectivity index is 1.83. The average molecular weight is 507 g/mol.